The van der Waals surface area contributed by atoms with Gasteiger partial charge >= 0.3 is 0 Å². The summed E-state index contributed by atoms with van der Waals surface area (Å²) < 4.78 is 11.2. The Morgan fingerprint density at radius 1 is 1.33 bits per heavy atom. The molecule has 0 aliphatic carbocycles. The van der Waals surface area contributed by atoms with Crippen molar-refractivity contribution in [2.45, 2.75) is 52.2 Å². The fraction of sp³-hybridized carbons (Fsp3) is 0.765. The molecule has 1 aromatic rings. The van der Waals surface area contributed by atoms with Crippen LogP contribution in [-0.2, 0) is 17.8 Å². The standard InChI is InChI=1S/C17H30N2O2/c1-17(2,3)18-10-15-7-8-16(21-15)12-19-9-5-6-14(11-19)13-20-4/h7-8,14,18H,5-6,9-13H2,1-4H3. The summed E-state index contributed by atoms with van der Waals surface area (Å²) in [5.74, 6) is 2.75. The van der Waals surface area contributed by atoms with E-state index in [1.165, 1.54) is 12.8 Å². The summed E-state index contributed by atoms with van der Waals surface area (Å²) in [5.41, 5.74) is 0.118. The van der Waals surface area contributed by atoms with Gasteiger partial charge in [0.25, 0.3) is 0 Å². The molecule has 1 unspecified atom stereocenters. The van der Waals surface area contributed by atoms with E-state index in [-0.39, 0.29) is 5.54 Å². The molecule has 0 bridgehead atoms. The van der Waals surface area contributed by atoms with E-state index < -0.39 is 0 Å². The molecule has 1 N–H and O–H groups in total. The summed E-state index contributed by atoms with van der Waals surface area (Å²) in [7, 11) is 1.79. The number of likely N-dealkylation sites (tertiary alicyclic amines) is 1. The Labute approximate surface area is 128 Å². The van der Waals surface area contributed by atoms with Crippen molar-refractivity contribution >= 4 is 0 Å². The zero-order valence-electron chi connectivity index (χ0n) is 13.9. The highest BCUT2D eigenvalue weighted by Crippen LogP contribution is 2.20. The SMILES string of the molecule is COCC1CCCN(Cc2ccc(CNC(C)(C)C)o2)C1. The van der Waals surface area contributed by atoms with Crippen LogP contribution in [0.25, 0.3) is 0 Å². The van der Waals surface area contributed by atoms with Crippen molar-refractivity contribution in [3.05, 3.63) is 23.7 Å². The third-order valence-electron chi connectivity index (χ3n) is 3.90. The molecule has 1 atom stereocenters. The number of ether oxygens (including phenoxy) is 1. The Balaban J connectivity index is 1.81. The monoisotopic (exact) mass is 294 g/mol. The number of methoxy groups -OCH3 is 1. The van der Waals surface area contributed by atoms with Gasteiger partial charge in [0.15, 0.2) is 0 Å². The van der Waals surface area contributed by atoms with Gasteiger partial charge in [-0.2, -0.15) is 0 Å². The maximum Gasteiger partial charge on any atom is 0.118 e. The molecule has 4 heteroatoms. The number of furan rings is 1. The van der Waals surface area contributed by atoms with Crippen LogP contribution < -0.4 is 5.32 Å². The largest absolute Gasteiger partial charge is 0.463 e. The van der Waals surface area contributed by atoms with Gasteiger partial charge in [0, 0.05) is 19.2 Å². The van der Waals surface area contributed by atoms with Crippen molar-refractivity contribution in [3.8, 4) is 0 Å². The molecule has 1 aliphatic rings. The Kier molecular flexibility index (Phi) is 5.85. The average molecular weight is 294 g/mol. The van der Waals surface area contributed by atoms with Gasteiger partial charge in [0.05, 0.1) is 19.7 Å². The van der Waals surface area contributed by atoms with E-state index >= 15 is 0 Å². The summed E-state index contributed by atoms with van der Waals surface area (Å²) in [6.45, 7) is 11.4. The van der Waals surface area contributed by atoms with Gasteiger partial charge in [0.1, 0.15) is 11.5 Å². The Morgan fingerprint density at radius 3 is 2.81 bits per heavy atom. The molecule has 0 saturated carbocycles. The van der Waals surface area contributed by atoms with Crippen LogP contribution in [0.15, 0.2) is 16.5 Å². The van der Waals surface area contributed by atoms with Gasteiger partial charge in [-0.1, -0.05) is 0 Å². The van der Waals surface area contributed by atoms with Crippen molar-refractivity contribution < 1.29 is 9.15 Å². The number of nitrogens with one attached hydrogen (secondary N) is 1. The highest BCUT2D eigenvalue weighted by molar-refractivity contribution is 5.07. The van der Waals surface area contributed by atoms with E-state index in [1.54, 1.807) is 7.11 Å². The van der Waals surface area contributed by atoms with Crippen molar-refractivity contribution in [2.75, 3.05) is 26.8 Å². The molecule has 120 valence electrons. The quantitative estimate of drug-likeness (QED) is 0.875. The minimum atomic E-state index is 0.118. The lowest BCUT2D eigenvalue weighted by Crippen LogP contribution is -2.36. The molecular weight excluding hydrogens is 264 g/mol. The number of nitrogens with zero attached hydrogens (tertiary/aromatic N) is 1. The minimum Gasteiger partial charge on any atom is -0.463 e. The zero-order valence-corrected chi connectivity index (χ0v) is 13.9. The Hall–Kier alpha value is -0.840. The molecule has 1 aliphatic heterocycles. The lowest BCUT2D eigenvalue weighted by atomic mass is 9.99. The van der Waals surface area contributed by atoms with E-state index in [0.717, 1.165) is 44.3 Å². The first-order valence-electron chi connectivity index (χ1n) is 8.00. The maximum absolute atomic E-state index is 5.94. The van der Waals surface area contributed by atoms with E-state index in [2.05, 4.69) is 43.1 Å². The van der Waals surface area contributed by atoms with Crippen molar-refractivity contribution in [2.24, 2.45) is 5.92 Å². The number of hydrogen-bond donors (Lipinski definition) is 1. The molecule has 2 rings (SSSR count). The maximum atomic E-state index is 5.94. The second-order valence-electron chi connectivity index (χ2n) is 7.17. The van der Waals surface area contributed by atoms with Gasteiger partial charge < -0.3 is 14.5 Å². The van der Waals surface area contributed by atoms with Crippen LogP contribution in [0, 0.1) is 5.92 Å². The number of piperidine rings is 1. The van der Waals surface area contributed by atoms with Gasteiger partial charge in [-0.05, 0) is 58.2 Å². The third-order valence-corrected chi connectivity index (χ3v) is 3.90. The fourth-order valence-electron chi connectivity index (χ4n) is 2.84. The summed E-state index contributed by atoms with van der Waals surface area (Å²) >= 11 is 0. The molecule has 1 fully saturated rings. The van der Waals surface area contributed by atoms with Crippen molar-refractivity contribution in [1.29, 1.82) is 0 Å². The van der Waals surface area contributed by atoms with Crippen LogP contribution in [-0.4, -0.2) is 37.2 Å². The van der Waals surface area contributed by atoms with Crippen LogP contribution in [0.3, 0.4) is 0 Å². The highest BCUT2D eigenvalue weighted by Gasteiger charge is 2.20. The molecule has 0 spiro atoms. The van der Waals surface area contributed by atoms with E-state index in [4.69, 9.17) is 9.15 Å². The first kappa shape index (κ1) is 16.5. The van der Waals surface area contributed by atoms with Gasteiger partial charge in [-0.3, -0.25) is 4.90 Å². The molecule has 0 aromatic carbocycles. The molecule has 0 radical (unpaired) electrons. The van der Waals surface area contributed by atoms with Gasteiger partial charge in [-0.25, -0.2) is 0 Å². The van der Waals surface area contributed by atoms with E-state index in [1.807, 2.05) is 0 Å². The Bertz CT molecular complexity index is 421. The molecule has 4 nitrogen and oxygen atoms in total. The first-order chi connectivity index (χ1) is 9.96. The van der Waals surface area contributed by atoms with E-state index in [0.29, 0.717) is 5.92 Å². The molecule has 0 amide bonds. The summed E-state index contributed by atoms with van der Waals surface area (Å²) in [6.07, 6.45) is 2.54. The van der Waals surface area contributed by atoms with Crippen LogP contribution in [0.2, 0.25) is 0 Å². The number of rotatable bonds is 6. The highest BCUT2D eigenvalue weighted by atomic mass is 16.5. The van der Waals surface area contributed by atoms with Crippen molar-refractivity contribution in [1.82, 2.24) is 10.2 Å². The van der Waals surface area contributed by atoms with Crippen LogP contribution >= 0.6 is 0 Å². The molecule has 2 heterocycles. The smallest absolute Gasteiger partial charge is 0.118 e. The van der Waals surface area contributed by atoms with Gasteiger partial charge in [0.2, 0.25) is 0 Å². The van der Waals surface area contributed by atoms with Crippen LogP contribution in [0.1, 0.15) is 45.1 Å². The molecule has 21 heavy (non-hydrogen) atoms. The second kappa shape index (κ2) is 7.43. The first-order valence-corrected chi connectivity index (χ1v) is 8.00. The molecule has 1 saturated heterocycles. The number of hydrogen-bond acceptors (Lipinski definition) is 4. The third kappa shape index (κ3) is 5.81. The summed E-state index contributed by atoms with van der Waals surface area (Å²) in [6, 6.07) is 4.20. The minimum absolute atomic E-state index is 0.118. The lowest BCUT2D eigenvalue weighted by Gasteiger charge is -2.31. The summed E-state index contributed by atoms with van der Waals surface area (Å²) in [4.78, 5) is 2.48. The predicted octanol–water partition coefficient (Wildman–Crippen LogP) is 3.03. The zero-order chi connectivity index (χ0) is 15.3. The fourth-order valence-corrected chi connectivity index (χ4v) is 2.84. The van der Waals surface area contributed by atoms with Crippen LogP contribution in [0.4, 0.5) is 0 Å². The Morgan fingerprint density at radius 2 is 2.10 bits per heavy atom. The average Bonchev–Trinajstić information content (AvgIpc) is 2.84. The normalized spacial score (nSPS) is 20.9. The van der Waals surface area contributed by atoms with Crippen molar-refractivity contribution in [3.63, 3.8) is 0 Å². The lowest BCUT2D eigenvalue weighted by molar-refractivity contribution is 0.0838. The second-order valence-corrected chi connectivity index (χ2v) is 7.17. The van der Waals surface area contributed by atoms with E-state index in [9.17, 15) is 0 Å². The molecular formula is C17H30N2O2. The molecule has 1 aromatic heterocycles. The van der Waals surface area contributed by atoms with Gasteiger partial charge in [-0.15, -0.1) is 0 Å². The topological polar surface area (TPSA) is 37.6 Å². The summed E-state index contributed by atoms with van der Waals surface area (Å²) in [5, 5.41) is 3.46. The predicted molar refractivity (Wildman–Crippen MR) is 85.2 cm³/mol. The van der Waals surface area contributed by atoms with Crippen LogP contribution in [0.5, 0.6) is 0 Å².